The fourth-order valence-electron chi connectivity index (χ4n) is 4.38. The van der Waals surface area contributed by atoms with Gasteiger partial charge < -0.3 is 24.9 Å². The molecule has 0 unspecified atom stereocenters. The number of carbonyl (C=O) groups excluding carboxylic acids is 3. The molecule has 0 fully saturated rings. The van der Waals surface area contributed by atoms with Gasteiger partial charge in [0.1, 0.15) is 0 Å². The second kappa shape index (κ2) is 18.8. The average molecular weight is 544 g/mol. The molecule has 1 heterocycles. The van der Waals surface area contributed by atoms with Crippen LogP contribution in [0.1, 0.15) is 131 Å². The van der Waals surface area contributed by atoms with Gasteiger partial charge in [-0.2, -0.15) is 0 Å². The molecular formula is C30H45N3O6. The van der Waals surface area contributed by atoms with E-state index in [2.05, 4.69) is 16.9 Å². The second-order valence-corrected chi connectivity index (χ2v) is 9.88. The lowest BCUT2D eigenvalue weighted by Crippen LogP contribution is -2.16. The molecule has 2 rings (SSSR count). The lowest BCUT2D eigenvalue weighted by atomic mass is 10.0. The molecule has 0 bridgehead atoms. The first-order valence-electron chi connectivity index (χ1n) is 14.4. The number of aromatic nitrogens is 2. The molecule has 2 aromatic rings. The number of unbranched alkanes of at least 4 members (excludes halogenated alkanes) is 14. The number of rotatable bonds is 21. The van der Waals surface area contributed by atoms with Crippen molar-refractivity contribution in [3.05, 3.63) is 35.8 Å². The molecule has 1 aromatic carbocycles. The molecule has 0 saturated carbocycles. The van der Waals surface area contributed by atoms with Gasteiger partial charge in [0.2, 0.25) is 0 Å². The minimum Gasteiger partial charge on any atom is -0.493 e. The summed E-state index contributed by atoms with van der Waals surface area (Å²) in [6, 6.07) is 4.31. The zero-order chi connectivity index (χ0) is 28.3. The van der Waals surface area contributed by atoms with Crippen LogP contribution in [0, 0.1) is 0 Å². The van der Waals surface area contributed by atoms with E-state index >= 15 is 0 Å². The number of hydrogen-bond acceptors (Lipinski definition) is 7. The van der Waals surface area contributed by atoms with Gasteiger partial charge in [-0.1, -0.05) is 96.8 Å². The molecule has 0 saturated heterocycles. The van der Waals surface area contributed by atoms with Gasteiger partial charge in [-0.25, -0.2) is 9.78 Å². The number of ether oxygens (including phenoxy) is 3. The Bertz CT molecular complexity index is 1020. The van der Waals surface area contributed by atoms with E-state index in [4.69, 9.17) is 19.9 Å². The number of esters is 2. The highest BCUT2D eigenvalue weighted by atomic mass is 16.6. The van der Waals surface area contributed by atoms with Crippen LogP contribution in [0.25, 0.3) is 0 Å². The third-order valence-electron chi connectivity index (χ3n) is 6.65. The predicted octanol–water partition coefficient (Wildman–Crippen LogP) is 6.90. The highest BCUT2D eigenvalue weighted by Gasteiger charge is 2.19. The number of nitrogens with zero attached hydrogens (tertiary/aromatic N) is 1. The number of nitrogens with one attached hydrogen (secondary N) is 1. The summed E-state index contributed by atoms with van der Waals surface area (Å²) in [5.41, 5.74) is 5.24. The van der Waals surface area contributed by atoms with Crippen LogP contribution in [0.2, 0.25) is 0 Å². The number of H-pyrrole nitrogens is 1. The SMILES string of the molecule is CCCCCCCCCCCCCCCCCC(=O)Oc1ccc(C(=O)Oc2nc[nH]c2C(N)=O)cc1OC. The van der Waals surface area contributed by atoms with Crippen molar-refractivity contribution in [3.63, 3.8) is 0 Å². The first-order chi connectivity index (χ1) is 19.0. The lowest BCUT2D eigenvalue weighted by molar-refractivity contribution is -0.134. The Morgan fingerprint density at radius 1 is 0.795 bits per heavy atom. The molecule has 0 aliphatic heterocycles. The molecule has 9 heteroatoms. The standard InChI is InChI=1S/C30H45N3O6/c1-3-4-5-6-7-8-9-10-11-12-13-14-15-16-17-18-26(34)38-24-20-19-23(21-25(24)37-2)30(36)39-29-27(28(31)35)32-22-33-29/h19-22H,3-18H2,1-2H3,(H2,31,35)(H,32,33). The van der Waals surface area contributed by atoms with Crippen molar-refractivity contribution in [1.82, 2.24) is 9.97 Å². The molecule has 1 amide bonds. The number of methoxy groups -OCH3 is 1. The van der Waals surface area contributed by atoms with Gasteiger partial charge in [-0.15, -0.1) is 0 Å². The molecule has 216 valence electrons. The number of aromatic amines is 1. The largest absolute Gasteiger partial charge is 0.493 e. The molecule has 39 heavy (non-hydrogen) atoms. The minimum absolute atomic E-state index is 0.111. The van der Waals surface area contributed by atoms with Crippen LogP contribution < -0.4 is 19.9 Å². The van der Waals surface area contributed by atoms with Gasteiger partial charge in [-0.05, 0) is 24.6 Å². The summed E-state index contributed by atoms with van der Waals surface area (Å²) in [7, 11) is 1.41. The summed E-state index contributed by atoms with van der Waals surface area (Å²) in [6.07, 6.45) is 20.5. The summed E-state index contributed by atoms with van der Waals surface area (Å²) in [6.45, 7) is 2.26. The Labute approximate surface area is 232 Å². The van der Waals surface area contributed by atoms with E-state index < -0.39 is 11.9 Å². The summed E-state index contributed by atoms with van der Waals surface area (Å²) >= 11 is 0. The molecule has 0 spiro atoms. The van der Waals surface area contributed by atoms with Crippen molar-refractivity contribution >= 4 is 17.8 Å². The van der Waals surface area contributed by atoms with Crippen molar-refractivity contribution in [2.45, 2.75) is 110 Å². The predicted molar refractivity (Wildman–Crippen MR) is 150 cm³/mol. The number of amides is 1. The van der Waals surface area contributed by atoms with E-state index in [0.717, 1.165) is 19.3 Å². The number of nitrogens with two attached hydrogens (primary N) is 1. The lowest BCUT2D eigenvalue weighted by Gasteiger charge is -2.11. The maximum atomic E-state index is 12.5. The van der Waals surface area contributed by atoms with E-state index in [1.54, 1.807) is 0 Å². The van der Waals surface area contributed by atoms with E-state index in [0.29, 0.717) is 6.42 Å². The molecule has 0 aliphatic carbocycles. The smallest absolute Gasteiger partial charge is 0.345 e. The van der Waals surface area contributed by atoms with Gasteiger partial charge >= 0.3 is 11.9 Å². The normalized spacial score (nSPS) is 10.8. The maximum absolute atomic E-state index is 12.5. The van der Waals surface area contributed by atoms with Crippen LogP contribution in [0.4, 0.5) is 0 Å². The summed E-state index contributed by atoms with van der Waals surface area (Å²) in [5.74, 6) is -1.70. The van der Waals surface area contributed by atoms with Gasteiger partial charge in [-0.3, -0.25) is 9.59 Å². The third-order valence-corrected chi connectivity index (χ3v) is 6.65. The minimum atomic E-state index is -0.802. The van der Waals surface area contributed by atoms with Crippen LogP contribution in [0.5, 0.6) is 17.4 Å². The number of primary amides is 1. The fourth-order valence-corrected chi connectivity index (χ4v) is 4.38. The quantitative estimate of drug-likeness (QED) is 0.0993. The third kappa shape index (κ3) is 12.4. The number of benzene rings is 1. The Morgan fingerprint density at radius 2 is 1.36 bits per heavy atom. The van der Waals surface area contributed by atoms with Gasteiger partial charge in [0, 0.05) is 6.42 Å². The second-order valence-electron chi connectivity index (χ2n) is 9.88. The molecule has 0 atom stereocenters. The molecule has 0 aliphatic rings. The number of imidazole rings is 1. The first-order valence-corrected chi connectivity index (χ1v) is 14.4. The molecule has 1 aromatic heterocycles. The van der Waals surface area contributed by atoms with Gasteiger partial charge in [0.15, 0.2) is 17.2 Å². The van der Waals surface area contributed by atoms with Crippen LogP contribution in [-0.2, 0) is 4.79 Å². The highest BCUT2D eigenvalue weighted by molar-refractivity contribution is 5.96. The first kappa shape index (κ1) is 31.9. The number of carbonyl (C=O) groups is 3. The molecule has 9 nitrogen and oxygen atoms in total. The van der Waals surface area contributed by atoms with Gasteiger partial charge in [0.05, 0.1) is 19.0 Å². The summed E-state index contributed by atoms with van der Waals surface area (Å²) < 4.78 is 15.9. The van der Waals surface area contributed by atoms with Crippen molar-refractivity contribution in [2.75, 3.05) is 7.11 Å². The Balaban J connectivity index is 1.60. The van der Waals surface area contributed by atoms with Crippen LogP contribution >= 0.6 is 0 Å². The highest BCUT2D eigenvalue weighted by Crippen LogP contribution is 2.29. The van der Waals surface area contributed by atoms with E-state index in [1.165, 1.54) is 109 Å². The van der Waals surface area contributed by atoms with Crippen molar-refractivity contribution in [1.29, 1.82) is 0 Å². The van der Waals surface area contributed by atoms with E-state index in [1.807, 2.05) is 0 Å². The molecule has 3 N–H and O–H groups in total. The molecular weight excluding hydrogens is 498 g/mol. The van der Waals surface area contributed by atoms with Crippen molar-refractivity contribution in [2.24, 2.45) is 5.73 Å². The van der Waals surface area contributed by atoms with Crippen molar-refractivity contribution in [3.8, 4) is 17.4 Å². The Kier molecular flexibility index (Phi) is 15.4. The zero-order valence-corrected chi connectivity index (χ0v) is 23.6. The van der Waals surface area contributed by atoms with Crippen LogP contribution in [-0.4, -0.2) is 34.9 Å². The topological polar surface area (TPSA) is 134 Å². The van der Waals surface area contributed by atoms with Crippen LogP contribution in [0.3, 0.4) is 0 Å². The Morgan fingerprint density at radius 3 is 1.90 bits per heavy atom. The van der Waals surface area contributed by atoms with Crippen LogP contribution in [0.15, 0.2) is 24.5 Å². The monoisotopic (exact) mass is 543 g/mol. The van der Waals surface area contributed by atoms with Gasteiger partial charge in [0.25, 0.3) is 11.8 Å². The Hall–Kier alpha value is -3.36. The summed E-state index contributed by atoms with van der Waals surface area (Å²) in [5, 5.41) is 0. The van der Waals surface area contributed by atoms with E-state index in [-0.39, 0.29) is 34.6 Å². The molecule has 0 radical (unpaired) electrons. The number of hydrogen-bond donors (Lipinski definition) is 2. The van der Waals surface area contributed by atoms with Crippen molar-refractivity contribution < 1.29 is 28.6 Å². The fraction of sp³-hybridized carbons (Fsp3) is 0.600. The zero-order valence-electron chi connectivity index (χ0n) is 23.6. The maximum Gasteiger partial charge on any atom is 0.345 e. The summed E-state index contributed by atoms with van der Waals surface area (Å²) in [4.78, 5) is 42.4. The van der Waals surface area contributed by atoms with E-state index in [9.17, 15) is 14.4 Å². The average Bonchev–Trinajstić information content (AvgIpc) is 3.39.